The van der Waals surface area contributed by atoms with E-state index in [4.69, 9.17) is 0 Å². The number of Topliss-reactive ketones (excluding diaryl/α,β-unsaturated/α-hetero) is 1. The Hall–Kier alpha value is -2.04. The zero-order valence-corrected chi connectivity index (χ0v) is 8.98. The van der Waals surface area contributed by atoms with Crippen LogP contribution >= 0.6 is 0 Å². The second-order valence-electron chi connectivity index (χ2n) is 3.78. The van der Waals surface area contributed by atoms with Crippen LogP contribution < -0.4 is 0 Å². The fourth-order valence-electron chi connectivity index (χ4n) is 1.72. The SMILES string of the molecule is O=C(CN1C(=O)CCC1=O)c1ccccc1F. The summed E-state index contributed by atoms with van der Waals surface area (Å²) in [4.78, 5) is 35.2. The van der Waals surface area contributed by atoms with E-state index in [0.29, 0.717) is 0 Å². The maximum absolute atomic E-state index is 13.3. The van der Waals surface area contributed by atoms with Crippen LogP contribution in [0.2, 0.25) is 0 Å². The number of nitrogens with zero attached hydrogens (tertiary/aromatic N) is 1. The number of amides is 2. The van der Waals surface area contributed by atoms with E-state index >= 15 is 0 Å². The number of hydrogen-bond donors (Lipinski definition) is 0. The Balaban J connectivity index is 2.15. The van der Waals surface area contributed by atoms with Gasteiger partial charge in [-0.2, -0.15) is 0 Å². The third kappa shape index (κ3) is 2.22. The highest BCUT2D eigenvalue weighted by Crippen LogP contribution is 2.14. The average molecular weight is 235 g/mol. The number of ketones is 1. The van der Waals surface area contributed by atoms with Gasteiger partial charge in [-0.25, -0.2) is 4.39 Å². The summed E-state index contributed by atoms with van der Waals surface area (Å²) < 4.78 is 13.3. The van der Waals surface area contributed by atoms with Crippen LogP contribution in [0.1, 0.15) is 23.2 Å². The third-order valence-corrected chi connectivity index (χ3v) is 2.63. The molecule has 1 fully saturated rings. The Labute approximate surface area is 97.0 Å². The molecule has 0 unspecified atom stereocenters. The van der Waals surface area contributed by atoms with Crippen LogP contribution in [0, 0.1) is 5.82 Å². The van der Waals surface area contributed by atoms with Gasteiger partial charge in [0.15, 0.2) is 5.78 Å². The number of carbonyl (C=O) groups is 3. The number of likely N-dealkylation sites (tertiary alicyclic amines) is 1. The number of imide groups is 1. The standard InChI is InChI=1S/C12H10FNO3/c13-9-4-2-1-3-8(9)10(15)7-14-11(16)5-6-12(14)17/h1-4H,5-7H2. The Morgan fingerprint density at radius 3 is 2.35 bits per heavy atom. The van der Waals surface area contributed by atoms with E-state index in [9.17, 15) is 18.8 Å². The first-order valence-electron chi connectivity index (χ1n) is 5.20. The summed E-state index contributed by atoms with van der Waals surface area (Å²) in [6.45, 7) is -0.376. The highest BCUT2D eigenvalue weighted by molar-refractivity contribution is 6.07. The first kappa shape index (κ1) is 11.4. The fraction of sp³-hybridized carbons (Fsp3) is 0.250. The van der Waals surface area contributed by atoms with Gasteiger partial charge in [0.1, 0.15) is 5.82 Å². The third-order valence-electron chi connectivity index (χ3n) is 2.63. The minimum Gasteiger partial charge on any atom is -0.292 e. The highest BCUT2D eigenvalue weighted by atomic mass is 19.1. The lowest BCUT2D eigenvalue weighted by Gasteiger charge is -2.12. The predicted octanol–water partition coefficient (Wildman–Crippen LogP) is 1.16. The summed E-state index contributed by atoms with van der Waals surface area (Å²) in [5, 5.41) is 0. The molecule has 0 aliphatic carbocycles. The second-order valence-corrected chi connectivity index (χ2v) is 3.78. The molecule has 1 aliphatic rings. The lowest BCUT2D eigenvalue weighted by atomic mass is 10.1. The molecule has 2 amide bonds. The zero-order valence-electron chi connectivity index (χ0n) is 8.98. The first-order valence-corrected chi connectivity index (χ1v) is 5.20. The zero-order chi connectivity index (χ0) is 12.4. The minimum absolute atomic E-state index is 0.0972. The number of halogens is 1. The minimum atomic E-state index is -0.642. The Kier molecular flexibility index (Phi) is 2.99. The molecule has 0 bridgehead atoms. The van der Waals surface area contributed by atoms with E-state index in [1.807, 2.05) is 0 Å². The van der Waals surface area contributed by atoms with Crippen molar-refractivity contribution in [3.63, 3.8) is 0 Å². The Bertz CT molecular complexity index is 482. The molecule has 4 nitrogen and oxygen atoms in total. The first-order chi connectivity index (χ1) is 8.09. The molecule has 0 saturated carbocycles. The molecule has 5 heteroatoms. The van der Waals surface area contributed by atoms with E-state index in [0.717, 1.165) is 4.90 Å². The van der Waals surface area contributed by atoms with Crippen molar-refractivity contribution in [1.82, 2.24) is 4.90 Å². The van der Waals surface area contributed by atoms with E-state index in [-0.39, 0.29) is 36.8 Å². The van der Waals surface area contributed by atoms with Gasteiger partial charge in [0, 0.05) is 12.8 Å². The van der Waals surface area contributed by atoms with Crippen molar-refractivity contribution in [3.05, 3.63) is 35.6 Å². The molecule has 1 aliphatic heterocycles. The van der Waals surface area contributed by atoms with Gasteiger partial charge in [-0.15, -0.1) is 0 Å². The van der Waals surface area contributed by atoms with Crippen molar-refractivity contribution >= 4 is 17.6 Å². The molecule has 0 N–H and O–H groups in total. The Morgan fingerprint density at radius 2 is 1.76 bits per heavy atom. The van der Waals surface area contributed by atoms with Crippen LogP contribution in [0.15, 0.2) is 24.3 Å². The molecule has 1 aromatic carbocycles. The van der Waals surface area contributed by atoms with Crippen LogP contribution in [-0.2, 0) is 9.59 Å². The van der Waals surface area contributed by atoms with E-state index < -0.39 is 11.6 Å². The van der Waals surface area contributed by atoms with Gasteiger partial charge in [-0.05, 0) is 12.1 Å². The summed E-state index contributed by atoms with van der Waals surface area (Å²) >= 11 is 0. The van der Waals surface area contributed by atoms with Crippen LogP contribution in [0.3, 0.4) is 0 Å². The number of hydrogen-bond acceptors (Lipinski definition) is 3. The van der Waals surface area contributed by atoms with E-state index in [1.165, 1.54) is 24.3 Å². The number of rotatable bonds is 3. The summed E-state index contributed by atoms with van der Waals surface area (Å²) in [5.41, 5.74) is -0.0972. The normalized spacial score (nSPS) is 15.5. The van der Waals surface area contributed by atoms with E-state index in [1.54, 1.807) is 0 Å². The van der Waals surface area contributed by atoms with Crippen molar-refractivity contribution < 1.29 is 18.8 Å². The van der Waals surface area contributed by atoms with Crippen molar-refractivity contribution in [2.24, 2.45) is 0 Å². The molecule has 0 atom stereocenters. The van der Waals surface area contributed by atoms with Gasteiger partial charge in [0.2, 0.25) is 11.8 Å². The monoisotopic (exact) mass is 235 g/mol. The van der Waals surface area contributed by atoms with Crippen LogP contribution in [-0.4, -0.2) is 29.0 Å². The van der Waals surface area contributed by atoms with Gasteiger partial charge in [0.05, 0.1) is 12.1 Å². The van der Waals surface area contributed by atoms with Crippen molar-refractivity contribution in [2.45, 2.75) is 12.8 Å². The molecule has 0 radical (unpaired) electrons. The molecule has 17 heavy (non-hydrogen) atoms. The lowest BCUT2D eigenvalue weighted by molar-refractivity contribution is -0.137. The molecular weight excluding hydrogens is 225 g/mol. The number of benzene rings is 1. The smallest absolute Gasteiger partial charge is 0.230 e. The molecule has 1 aromatic rings. The fourth-order valence-corrected chi connectivity index (χ4v) is 1.72. The van der Waals surface area contributed by atoms with Crippen molar-refractivity contribution in [1.29, 1.82) is 0 Å². The lowest BCUT2D eigenvalue weighted by Crippen LogP contribution is -2.34. The summed E-state index contributed by atoms with van der Waals surface area (Å²) in [6.07, 6.45) is 0.257. The maximum Gasteiger partial charge on any atom is 0.230 e. The quantitative estimate of drug-likeness (QED) is 0.583. The van der Waals surface area contributed by atoms with Gasteiger partial charge >= 0.3 is 0 Å². The molecule has 0 aromatic heterocycles. The highest BCUT2D eigenvalue weighted by Gasteiger charge is 2.31. The molecule has 1 saturated heterocycles. The number of carbonyl (C=O) groups excluding carboxylic acids is 3. The summed E-state index contributed by atoms with van der Waals surface area (Å²) in [6, 6.07) is 5.51. The molecular formula is C12H10FNO3. The molecule has 1 heterocycles. The largest absolute Gasteiger partial charge is 0.292 e. The predicted molar refractivity (Wildman–Crippen MR) is 56.7 cm³/mol. The van der Waals surface area contributed by atoms with Crippen LogP contribution in [0.5, 0.6) is 0 Å². The van der Waals surface area contributed by atoms with Crippen LogP contribution in [0.4, 0.5) is 4.39 Å². The summed E-state index contributed by atoms with van der Waals surface area (Å²) in [5.74, 6) is -1.96. The van der Waals surface area contributed by atoms with Gasteiger partial charge in [-0.1, -0.05) is 12.1 Å². The maximum atomic E-state index is 13.3. The van der Waals surface area contributed by atoms with Crippen molar-refractivity contribution in [2.75, 3.05) is 6.54 Å². The topological polar surface area (TPSA) is 54.5 Å². The van der Waals surface area contributed by atoms with Crippen LogP contribution in [0.25, 0.3) is 0 Å². The van der Waals surface area contributed by atoms with E-state index in [2.05, 4.69) is 0 Å². The van der Waals surface area contributed by atoms with Crippen molar-refractivity contribution in [3.8, 4) is 0 Å². The van der Waals surface area contributed by atoms with Gasteiger partial charge in [-0.3, -0.25) is 19.3 Å². The Morgan fingerprint density at radius 1 is 1.18 bits per heavy atom. The van der Waals surface area contributed by atoms with Gasteiger partial charge < -0.3 is 0 Å². The molecule has 2 rings (SSSR count). The molecule has 88 valence electrons. The summed E-state index contributed by atoms with van der Waals surface area (Å²) in [7, 11) is 0. The molecule has 0 spiro atoms. The average Bonchev–Trinajstić information content (AvgIpc) is 2.61. The van der Waals surface area contributed by atoms with Gasteiger partial charge in [0.25, 0.3) is 0 Å². The second kappa shape index (κ2) is 4.45.